The van der Waals surface area contributed by atoms with Crippen LogP contribution >= 0.6 is 0 Å². The van der Waals surface area contributed by atoms with Gasteiger partial charge in [0.15, 0.2) is 17.2 Å². The number of nitrogens with zero attached hydrogens (tertiary/aromatic N) is 6. The van der Waals surface area contributed by atoms with Crippen molar-refractivity contribution in [3.8, 4) is 5.82 Å². The van der Waals surface area contributed by atoms with Crippen LogP contribution in [0.4, 0.5) is 10.3 Å². The molecule has 4 aromatic rings. The van der Waals surface area contributed by atoms with Crippen molar-refractivity contribution >= 4 is 23.1 Å². The zero-order valence-corrected chi connectivity index (χ0v) is 16.5. The van der Waals surface area contributed by atoms with Crippen LogP contribution in [0.3, 0.4) is 0 Å². The Morgan fingerprint density at radius 1 is 1.33 bits per heavy atom. The van der Waals surface area contributed by atoms with E-state index in [1.807, 2.05) is 19.9 Å². The minimum absolute atomic E-state index is 0.0367. The number of esters is 1. The number of aromatic amines is 1. The summed E-state index contributed by atoms with van der Waals surface area (Å²) < 4.78 is 19.9. The third kappa shape index (κ3) is 3.69. The molecule has 0 saturated heterocycles. The van der Waals surface area contributed by atoms with Gasteiger partial charge >= 0.3 is 5.97 Å². The minimum atomic E-state index is -0.607. The summed E-state index contributed by atoms with van der Waals surface area (Å²) in [6.45, 7) is 5.61. The van der Waals surface area contributed by atoms with Crippen LogP contribution in [0.5, 0.6) is 0 Å². The number of fused-ring (bicyclic) bond motifs is 1. The van der Waals surface area contributed by atoms with Crippen LogP contribution in [0.1, 0.15) is 41.8 Å². The van der Waals surface area contributed by atoms with Crippen LogP contribution in [0.15, 0.2) is 30.7 Å². The zero-order chi connectivity index (χ0) is 21.3. The molecule has 11 heteroatoms. The van der Waals surface area contributed by atoms with E-state index in [0.717, 1.165) is 11.9 Å². The van der Waals surface area contributed by atoms with E-state index in [9.17, 15) is 9.18 Å². The topological polar surface area (TPSA) is 123 Å². The molecule has 0 aromatic carbocycles. The number of imidazole rings is 1. The molecule has 10 nitrogen and oxygen atoms in total. The highest BCUT2D eigenvalue weighted by atomic mass is 19.1. The zero-order valence-electron chi connectivity index (χ0n) is 16.5. The molecule has 0 aliphatic carbocycles. The number of aromatic nitrogens is 7. The fraction of sp³-hybridized carbons (Fsp3) is 0.263. The average molecular weight is 410 g/mol. The van der Waals surface area contributed by atoms with Gasteiger partial charge in [-0.25, -0.2) is 19.2 Å². The van der Waals surface area contributed by atoms with Gasteiger partial charge < -0.3 is 10.1 Å². The van der Waals surface area contributed by atoms with E-state index in [1.54, 1.807) is 17.6 Å². The fourth-order valence-corrected chi connectivity index (χ4v) is 2.91. The number of H-pyrrole nitrogens is 1. The second-order valence-corrected chi connectivity index (χ2v) is 6.58. The molecule has 0 bridgehead atoms. The first-order valence-electron chi connectivity index (χ1n) is 9.29. The summed E-state index contributed by atoms with van der Waals surface area (Å²) in [5.74, 6) is -0.281. The summed E-state index contributed by atoms with van der Waals surface area (Å²) >= 11 is 0. The third-order valence-electron chi connectivity index (χ3n) is 4.34. The smallest absolute Gasteiger partial charge is 0.359 e. The number of rotatable bonds is 6. The monoisotopic (exact) mass is 410 g/mol. The normalized spacial score (nSPS) is 12.1. The first kappa shape index (κ1) is 19.4. The first-order chi connectivity index (χ1) is 14.5. The molecule has 0 spiro atoms. The van der Waals surface area contributed by atoms with Gasteiger partial charge in [0.2, 0.25) is 5.95 Å². The highest BCUT2D eigenvalue weighted by Crippen LogP contribution is 2.23. The van der Waals surface area contributed by atoms with Crippen molar-refractivity contribution in [1.29, 1.82) is 0 Å². The summed E-state index contributed by atoms with van der Waals surface area (Å²) in [7, 11) is 0. The summed E-state index contributed by atoms with van der Waals surface area (Å²) in [5.41, 5.74) is 2.18. The molecule has 0 amide bonds. The lowest BCUT2D eigenvalue weighted by molar-refractivity contribution is 0.0522. The van der Waals surface area contributed by atoms with Crippen molar-refractivity contribution in [3.05, 3.63) is 53.6 Å². The van der Waals surface area contributed by atoms with Crippen molar-refractivity contribution in [3.63, 3.8) is 0 Å². The molecule has 0 fully saturated rings. The quantitative estimate of drug-likeness (QED) is 0.465. The highest BCUT2D eigenvalue weighted by molar-refractivity contribution is 5.99. The van der Waals surface area contributed by atoms with E-state index < -0.39 is 11.8 Å². The Balaban J connectivity index is 1.78. The number of ether oxygens (including phenoxy) is 1. The molecule has 30 heavy (non-hydrogen) atoms. The Kier molecular flexibility index (Phi) is 5.09. The van der Waals surface area contributed by atoms with Gasteiger partial charge in [-0.3, -0.25) is 14.6 Å². The maximum atomic E-state index is 13.2. The molecule has 154 valence electrons. The largest absolute Gasteiger partial charge is 0.461 e. The van der Waals surface area contributed by atoms with Gasteiger partial charge in [-0.15, -0.1) is 0 Å². The van der Waals surface area contributed by atoms with Crippen molar-refractivity contribution < 1.29 is 13.9 Å². The molecule has 4 heterocycles. The van der Waals surface area contributed by atoms with Crippen LogP contribution in [-0.4, -0.2) is 47.3 Å². The Morgan fingerprint density at radius 3 is 2.83 bits per heavy atom. The standard InChI is InChI=1S/C19H19FN8O2/c1-4-30-18(29)16-15-17(28(9-22-15)14-7-10(2)26-27-14)25-19(24-16)23-11(3)13-6-5-12(20)8-21-13/h5-9,11H,4H2,1-3H3,(H,26,27)(H,23,24,25)/t11-/m0/s1. The van der Waals surface area contributed by atoms with Crippen LogP contribution < -0.4 is 5.32 Å². The maximum absolute atomic E-state index is 13.2. The molecule has 0 unspecified atom stereocenters. The van der Waals surface area contributed by atoms with Crippen LogP contribution in [-0.2, 0) is 4.74 Å². The molecular weight excluding hydrogens is 391 g/mol. The van der Waals surface area contributed by atoms with E-state index in [0.29, 0.717) is 22.7 Å². The molecule has 0 radical (unpaired) electrons. The number of pyridine rings is 1. The molecular formula is C19H19FN8O2. The van der Waals surface area contributed by atoms with Crippen molar-refractivity contribution in [1.82, 2.24) is 34.7 Å². The first-order valence-corrected chi connectivity index (χ1v) is 9.29. The van der Waals surface area contributed by atoms with Crippen LogP contribution in [0, 0.1) is 12.7 Å². The van der Waals surface area contributed by atoms with E-state index >= 15 is 0 Å². The number of hydrogen-bond acceptors (Lipinski definition) is 8. The summed E-state index contributed by atoms with van der Waals surface area (Å²) in [4.78, 5) is 29.7. The Labute approximate surface area is 170 Å². The third-order valence-corrected chi connectivity index (χ3v) is 4.34. The number of aryl methyl sites for hydroxylation is 1. The number of nitrogens with one attached hydrogen (secondary N) is 2. The fourth-order valence-electron chi connectivity index (χ4n) is 2.91. The predicted molar refractivity (Wildman–Crippen MR) is 106 cm³/mol. The Hall–Kier alpha value is -3.89. The summed E-state index contributed by atoms with van der Waals surface area (Å²) in [6, 6.07) is 4.37. The van der Waals surface area contributed by atoms with Gasteiger partial charge in [-0.1, -0.05) is 0 Å². The lowest BCUT2D eigenvalue weighted by Crippen LogP contribution is -2.15. The van der Waals surface area contributed by atoms with Gasteiger partial charge in [-0.2, -0.15) is 10.1 Å². The second-order valence-electron chi connectivity index (χ2n) is 6.58. The van der Waals surface area contributed by atoms with E-state index in [-0.39, 0.29) is 24.3 Å². The molecule has 0 aliphatic heterocycles. The maximum Gasteiger partial charge on any atom is 0.359 e. The van der Waals surface area contributed by atoms with Gasteiger partial charge in [0.05, 0.1) is 24.5 Å². The number of halogens is 1. The van der Waals surface area contributed by atoms with Gasteiger partial charge in [0, 0.05) is 11.8 Å². The van der Waals surface area contributed by atoms with Crippen LogP contribution in [0.2, 0.25) is 0 Å². The molecule has 4 rings (SSSR count). The molecule has 4 aromatic heterocycles. The number of carbonyl (C=O) groups is 1. The van der Waals surface area contributed by atoms with Crippen molar-refractivity contribution in [2.75, 3.05) is 11.9 Å². The van der Waals surface area contributed by atoms with E-state index in [4.69, 9.17) is 4.74 Å². The molecule has 1 atom stereocenters. The number of carbonyl (C=O) groups excluding carboxylic acids is 1. The van der Waals surface area contributed by atoms with Gasteiger partial charge in [-0.05, 0) is 32.9 Å². The molecule has 0 saturated carbocycles. The van der Waals surface area contributed by atoms with Gasteiger partial charge in [0.25, 0.3) is 0 Å². The molecule has 0 aliphatic rings. The molecule has 2 N–H and O–H groups in total. The Morgan fingerprint density at radius 2 is 2.17 bits per heavy atom. The van der Waals surface area contributed by atoms with Crippen molar-refractivity contribution in [2.45, 2.75) is 26.8 Å². The minimum Gasteiger partial charge on any atom is -0.461 e. The van der Waals surface area contributed by atoms with Gasteiger partial charge in [0.1, 0.15) is 17.7 Å². The second kappa shape index (κ2) is 7.85. The summed E-state index contributed by atoms with van der Waals surface area (Å²) in [6.07, 6.45) is 2.66. The van der Waals surface area contributed by atoms with Crippen LogP contribution in [0.25, 0.3) is 17.0 Å². The lowest BCUT2D eigenvalue weighted by Gasteiger charge is -2.14. The average Bonchev–Trinajstić information content (AvgIpc) is 3.34. The SMILES string of the molecule is CCOC(=O)c1nc(N[C@@H](C)c2ccc(F)cn2)nc2c1ncn2-c1cc(C)[nH]n1. The predicted octanol–water partition coefficient (Wildman–Crippen LogP) is 2.73. The van der Waals surface area contributed by atoms with Crippen molar-refractivity contribution in [2.24, 2.45) is 0 Å². The lowest BCUT2D eigenvalue weighted by atomic mass is 10.2. The van der Waals surface area contributed by atoms with E-state index in [2.05, 4.69) is 35.5 Å². The Bertz CT molecular complexity index is 1200. The summed E-state index contributed by atoms with van der Waals surface area (Å²) in [5, 5.41) is 10.2. The number of anilines is 1. The highest BCUT2D eigenvalue weighted by Gasteiger charge is 2.22. The van der Waals surface area contributed by atoms with E-state index in [1.165, 1.54) is 12.4 Å². The number of hydrogen-bond donors (Lipinski definition) is 2.